The van der Waals surface area contributed by atoms with Crippen molar-refractivity contribution in [3.8, 4) is 0 Å². The number of ether oxygens (including phenoxy) is 2. The highest BCUT2D eigenvalue weighted by Gasteiger charge is 2.74. The van der Waals surface area contributed by atoms with Crippen LogP contribution in [0, 0.1) is 11.8 Å². The van der Waals surface area contributed by atoms with Crippen molar-refractivity contribution < 1.29 is 33.4 Å². The number of ketones is 2. The molecule has 6 rings (SSSR count). The van der Waals surface area contributed by atoms with E-state index in [0.29, 0.717) is 5.56 Å². The van der Waals surface area contributed by atoms with E-state index in [4.69, 9.17) is 21.1 Å². The van der Waals surface area contributed by atoms with Gasteiger partial charge in [0.1, 0.15) is 0 Å². The molecule has 190 valence electrons. The van der Waals surface area contributed by atoms with Crippen molar-refractivity contribution in [2.45, 2.75) is 18.6 Å². The van der Waals surface area contributed by atoms with Crippen molar-refractivity contribution in [3.05, 3.63) is 100 Å². The number of hydrogen-bond donors (Lipinski definition) is 0. The molecule has 3 aliphatic rings. The van der Waals surface area contributed by atoms with Crippen LogP contribution in [0.2, 0.25) is 5.02 Å². The van der Waals surface area contributed by atoms with E-state index in [1.54, 1.807) is 43.3 Å². The summed E-state index contributed by atoms with van der Waals surface area (Å²) in [5, 5.41) is 0.279. The Hall–Kier alpha value is -4.14. The third kappa shape index (κ3) is 3.17. The lowest BCUT2D eigenvalue weighted by atomic mass is 9.77. The van der Waals surface area contributed by atoms with Crippen LogP contribution in [0.3, 0.4) is 0 Å². The fourth-order valence-electron chi connectivity index (χ4n) is 5.72. The minimum Gasteiger partial charge on any atom is -0.462 e. The van der Waals surface area contributed by atoms with Crippen LogP contribution in [-0.2, 0) is 19.1 Å². The lowest BCUT2D eigenvalue weighted by Crippen LogP contribution is -2.51. The molecule has 0 radical (unpaired) electrons. The molecule has 2 amide bonds. The fraction of sp³-hybridized carbons (Fsp3) is 0.207. The highest BCUT2D eigenvalue weighted by atomic mass is 35.5. The lowest BCUT2D eigenvalue weighted by molar-refractivity contribution is -0.127. The van der Waals surface area contributed by atoms with Gasteiger partial charge in [0.25, 0.3) is 0 Å². The average molecular weight is 530 g/mol. The van der Waals surface area contributed by atoms with Gasteiger partial charge in [-0.1, -0.05) is 54.1 Å². The number of fused-ring (bicyclic) bond motifs is 3. The summed E-state index contributed by atoms with van der Waals surface area (Å²) in [7, 11) is 0. The summed E-state index contributed by atoms with van der Waals surface area (Å²) in [6.07, 6.45) is -1.11. The number of hydrogen-bond acceptors (Lipinski definition) is 7. The number of carbonyl (C=O) groups is 5. The molecule has 2 heterocycles. The van der Waals surface area contributed by atoms with E-state index in [9.17, 15) is 24.0 Å². The van der Waals surface area contributed by atoms with Crippen LogP contribution in [0.5, 0.6) is 0 Å². The molecule has 0 aromatic heterocycles. The molecular weight excluding hydrogens is 510 g/mol. The number of esters is 1. The number of carbonyl (C=O) groups excluding carboxylic acids is 5. The van der Waals surface area contributed by atoms with Crippen LogP contribution in [0.1, 0.15) is 49.7 Å². The van der Waals surface area contributed by atoms with Crippen molar-refractivity contribution in [2.75, 3.05) is 11.5 Å². The van der Waals surface area contributed by atoms with Crippen LogP contribution < -0.4 is 4.90 Å². The molecule has 0 saturated carbocycles. The topological polar surface area (TPSA) is 107 Å². The largest absolute Gasteiger partial charge is 0.462 e. The van der Waals surface area contributed by atoms with E-state index in [1.165, 1.54) is 36.4 Å². The maximum atomic E-state index is 14.0. The zero-order chi connectivity index (χ0) is 26.8. The maximum Gasteiger partial charge on any atom is 0.338 e. The SMILES string of the molecule is CCOC(=O)c1ccc(N2C(=O)[C@H]3[C@@H](C2=O)C2(O[C@H]3c3ccccc3Cl)C(=O)c3ccccc3C2=O)cc1. The van der Waals surface area contributed by atoms with E-state index in [2.05, 4.69) is 0 Å². The molecule has 3 aromatic carbocycles. The molecule has 3 atom stereocenters. The van der Waals surface area contributed by atoms with E-state index in [1.807, 2.05) is 0 Å². The molecule has 0 N–H and O–H groups in total. The highest BCUT2D eigenvalue weighted by molar-refractivity contribution is 6.37. The summed E-state index contributed by atoms with van der Waals surface area (Å²) in [5.41, 5.74) is -1.05. The minimum atomic E-state index is -2.19. The molecule has 2 aliphatic heterocycles. The standard InChI is InChI=1S/C29H20ClNO7/c1-2-37-28(36)15-11-13-16(14-12-15)31-26(34)21-22(27(31)35)29(38-23(21)19-9-5-6-10-20(19)30)24(32)17-7-3-4-8-18(17)25(29)33/h3-14,21-23H,2H2,1H3/t21-,22-,23-/m0/s1. The van der Waals surface area contributed by atoms with Crippen LogP contribution in [0.25, 0.3) is 0 Å². The van der Waals surface area contributed by atoms with Gasteiger partial charge < -0.3 is 9.47 Å². The molecule has 1 spiro atoms. The van der Waals surface area contributed by atoms with E-state index in [0.717, 1.165) is 4.90 Å². The minimum absolute atomic E-state index is 0.147. The number of halogens is 1. The summed E-state index contributed by atoms with van der Waals surface area (Å²) in [6.45, 7) is 1.88. The molecule has 38 heavy (non-hydrogen) atoms. The summed E-state index contributed by atoms with van der Waals surface area (Å²) in [6, 6.07) is 18.7. The Morgan fingerprint density at radius 3 is 2.11 bits per heavy atom. The Morgan fingerprint density at radius 2 is 1.50 bits per heavy atom. The summed E-state index contributed by atoms with van der Waals surface area (Å²) < 4.78 is 11.2. The summed E-state index contributed by atoms with van der Waals surface area (Å²) >= 11 is 6.46. The smallest absolute Gasteiger partial charge is 0.338 e. The first-order valence-corrected chi connectivity index (χ1v) is 12.4. The first kappa shape index (κ1) is 24.2. The number of imide groups is 1. The lowest BCUT2D eigenvalue weighted by Gasteiger charge is -2.27. The Bertz CT molecular complexity index is 1510. The van der Waals surface area contributed by atoms with Crippen molar-refractivity contribution in [1.82, 2.24) is 0 Å². The third-order valence-electron chi connectivity index (χ3n) is 7.37. The van der Waals surface area contributed by atoms with Gasteiger partial charge in [0.2, 0.25) is 29.0 Å². The first-order valence-electron chi connectivity index (χ1n) is 12.1. The van der Waals surface area contributed by atoms with Gasteiger partial charge in [0, 0.05) is 21.7 Å². The predicted molar refractivity (Wildman–Crippen MR) is 135 cm³/mol. The van der Waals surface area contributed by atoms with E-state index in [-0.39, 0.29) is 34.0 Å². The van der Waals surface area contributed by atoms with Crippen LogP contribution in [-0.4, -0.2) is 41.6 Å². The molecule has 0 unspecified atom stereocenters. The fourth-order valence-corrected chi connectivity index (χ4v) is 5.96. The molecular formula is C29H20ClNO7. The van der Waals surface area contributed by atoms with Crippen LogP contribution in [0.15, 0.2) is 72.8 Å². The quantitative estimate of drug-likeness (QED) is 0.283. The van der Waals surface area contributed by atoms with Crippen molar-refractivity contribution >= 4 is 46.6 Å². The second-order valence-corrected chi connectivity index (χ2v) is 9.69. The zero-order valence-electron chi connectivity index (χ0n) is 20.1. The summed E-state index contributed by atoms with van der Waals surface area (Å²) in [4.78, 5) is 68.5. The predicted octanol–water partition coefficient (Wildman–Crippen LogP) is 4.21. The second kappa shape index (κ2) is 8.72. The molecule has 9 heteroatoms. The van der Waals surface area contributed by atoms with E-state index < -0.39 is 52.9 Å². The Labute approximate surface area is 222 Å². The van der Waals surface area contributed by atoms with Gasteiger partial charge in [-0.05, 0) is 37.3 Å². The van der Waals surface area contributed by atoms with Crippen molar-refractivity contribution in [2.24, 2.45) is 11.8 Å². The molecule has 2 saturated heterocycles. The third-order valence-corrected chi connectivity index (χ3v) is 7.71. The first-order chi connectivity index (χ1) is 18.3. The van der Waals surface area contributed by atoms with Crippen LogP contribution >= 0.6 is 11.6 Å². The van der Waals surface area contributed by atoms with Crippen molar-refractivity contribution in [3.63, 3.8) is 0 Å². The Kier molecular flexibility index (Phi) is 5.55. The van der Waals surface area contributed by atoms with Crippen LogP contribution in [0.4, 0.5) is 5.69 Å². The average Bonchev–Trinajstić information content (AvgIpc) is 3.49. The van der Waals surface area contributed by atoms with Gasteiger partial charge in [0.05, 0.1) is 35.8 Å². The van der Waals surface area contributed by atoms with E-state index >= 15 is 0 Å². The Balaban J connectivity index is 1.48. The number of Topliss-reactive ketones (excluding diaryl/α,β-unsaturated/α-hetero) is 2. The molecule has 2 fully saturated rings. The normalized spacial score (nSPS) is 23.2. The number of rotatable bonds is 4. The molecule has 0 bridgehead atoms. The monoisotopic (exact) mass is 529 g/mol. The van der Waals surface area contributed by atoms with Gasteiger partial charge in [-0.15, -0.1) is 0 Å². The Morgan fingerprint density at radius 1 is 0.895 bits per heavy atom. The number of anilines is 1. The number of amides is 2. The number of nitrogens with zero attached hydrogens (tertiary/aromatic N) is 1. The van der Waals surface area contributed by atoms with Gasteiger partial charge in [-0.3, -0.25) is 19.2 Å². The number of benzene rings is 3. The maximum absolute atomic E-state index is 14.0. The molecule has 1 aliphatic carbocycles. The van der Waals surface area contributed by atoms with Gasteiger partial charge in [-0.25, -0.2) is 9.69 Å². The zero-order valence-corrected chi connectivity index (χ0v) is 20.8. The molecule has 3 aromatic rings. The van der Waals surface area contributed by atoms with Gasteiger partial charge in [0.15, 0.2) is 0 Å². The second-order valence-electron chi connectivity index (χ2n) is 9.28. The highest BCUT2D eigenvalue weighted by Crippen LogP contribution is 2.58. The van der Waals surface area contributed by atoms with Gasteiger partial charge >= 0.3 is 5.97 Å². The molecule has 8 nitrogen and oxygen atoms in total. The van der Waals surface area contributed by atoms with Gasteiger partial charge in [-0.2, -0.15) is 0 Å². The summed E-state index contributed by atoms with van der Waals surface area (Å²) in [5.74, 6) is -5.76. The van der Waals surface area contributed by atoms with Crippen molar-refractivity contribution in [1.29, 1.82) is 0 Å².